The minimum Gasteiger partial charge on any atom is -0.495 e. The van der Waals surface area contributed by atoms with Crippen LogP contribution in [0.3, 0.4) is 0 Å². The number of anilines is 3. The van der Waals surface area contributed by atoms with Gasteiger partial charge in [0.15, 0.2) is 0 Å². The summed E-state index contributed by atoms with van der Waals surface area (Å²) in [5.41, 5.74) is 7.62. The molecule has 3 N–H and O–H groups in total. The fraction of sp³-hybridized carbons (Fsp3) is 0.143. The molecular formula is C21H20N2O4S. The average molecular weight is 396 g/mol. The lowest BCUT2D eigenvalue weighted by atomic mass is 10.1. The van der Waals surface area contributed by atoms with Crippen molar-refractivity contribution in [1.82, 2.24) is 0 Å². The van der Waals surface area contributed by atoms with Crippen LogP contribution in [0.4, 0.5) is 16.4 Å². The quantitative estimate of drug-likeness (QED) is 0.452. The van der Waals surface area contributed by atoms with E-state index in [9.17, 15) is 9.59 Å². The Labute approximate surface area is 166 Å². The molecule has 0 spiro atoms. The van der Waals surface area contributed by atoms with Gasteiger partial charge >= 0.3 is 5.97 Å². The smallest absolute Gasteiger partial charge is 0.343 e. The summed E-state index contributed by atoms with van der Waals surface area (Å²) in [6.07, 6.45) is 0. The van der Waals surface area contributed by atoms with Crippen molar-refractivity contribution in [2.75, 3.05) is 24.8 Å². The predicted molar refractivity (Wildman–Crippen MR) is 111 cm³/mol. The van der Waals surface area contributed by atoms with Gasteiger partial charge in [0.2, 0.25) is 5.78 Å². The third-order valence-electron chi connectivity index (χ3n) is 4.02. The molecule has 0 fully saturated rings. The Balaban J connectivity index is 2.08. The summed E-state index contributed by atoms with van der Waals surface area (Å²) in [5.74, 6) is -0.234. The summed E-state index contributed by atoms with van der Waals surface area (Å²) in [6, 6.07) is 16.1. The molecule has 0 atom stereocenters. The van der Waals surface area contributed by atoms with Crippen molar-refractivity contribution in [1.29, 1.82) is 0 Å². The summed E-state index contributed by atoms with van der Waals surface area (Å²) in [4.78, 5) is 25.7. The van der Waals surface area contributed by atoms with Gasteiger partial charge in [0, 0.05) is 5.56 Å². The van der Waals surface area contributed by atoms with Gasteiger partial charge in [0.25, 0.3) is 0 Å². The van der Waals surface area contributed by atoms with Crippen LogP contribution in [0.2, 0.25) is 0 Å². The number of methoxy groups -OCH3 is 1. The Bertz CT molecular complexity index is 999. The molecule has 3 aromatic rings. The van der Waals surface area contributed by atoms with Gasteiger partial charge in [-0.3, -0.25) is 4.79 Å². The number of nitrogen functional groups attached to an aromatic ring is 1. The molecule has 144 valence electrons. The van der Waals surface area contributed by atoms with E-state index in [1.165, 1.54) is 0 Å². The molecule has 0 radical (unpaired) electrons. The fourth-order valence-electron chi connectivity index (χ4n) is 2.70. The number of benzene rings is 2. The molecule has 0 aliphatic rings. The molecule has 2 aromatic carbocycles. The SMILES string of the molecule is CCOC(=O)c1c(Nc2ccccc2OC)sc(C(=O)c2ccccc2)c1N. The number of ether oxygens (including phenoxy) is 2. The van der Waals surface area contributed by atoms with Gasteiger partial charge in [-0.1, -0.05) is 42.5 Å². The lowest BCUT2D eigenvalue weighted by Crippen LogP contribution is -2.10. The number of para-hydroxylation sites is 2. The van der Waals surface area contributed by atoms with E-state index in [1.807, 2.05) is 24.3 Å². The van der Waals surface area contributed by atoms with Gasteiger partial charge in [-0.15, -0.1) is 11.3 Å². The monoisotopic (exact) mass is 396 g/mol. The number of ketones is 1. The van der Waals surface area contributed by atoms with Gasteiger partial charge in [0.05, 0.1) is 25.1 Å². The molecule has 0 aliphatic carbocycles. The van der Waals surface area contributed by atoms with E-state index in [2.05, 4.69) is 5.32 Å². The lowest BCUT2D eigenvalue weighted by Gasteiger charge is -2.11. The number of nitrogens with one attached hydrogen (secondary N) is 1. The van der Waals surface area contributed by atoms with Crippen LogP contribution in [-0.2, 0) is 4.74 Å². The summed E-state index contributed by atoms with van der Waals surface area (Å²) in [7, 11) is 1.56. The second-order valence-corrected chi connectivity index (χ2v) is 6.81. The van der Waals surface area contributed by atoms with Crippen molar-refractivity contribution in [2.45, 2.75) is 6.92 Å². The summed E-state index contributed by atoms with van der Waals surface area (Å²) in [5, 5.41) is 3.59. The van der Waals surface area contributed by atoms with Gasteiger partial charge in [0.1, 0.15) is 21.2 Å². The van der Waals surface area contributed by atoms with Gasteiger partial charge in [-0.05, 0) is 19.1 Å². The largest absolute Gasteiger partial charge is 0.495 e. The van der Waals surface area contributed by atoms with Crippen molar-refractivity contribution < 1.29 is 19.1 Å². The maximum atomic E-state index is 12.9. The molecule has 1 heterocycles. The highest BCUT2D eigenvalue weighted by Crippen LogP contribution is 2.40. The molecule has 6 nitrogen and oxygen atoms in total. The second kappa shape index (κ2) is 8.58. The molecule has 3 rings (SSSR count). The van der Waals surface area contributed by atoms with Crippen molar-refractivity contribution in [3.8, 4) is 5.75 Å². The Hall–Kier alpha value is -3.32. The van der Waals surface area contributed by atoms with Crippen LogP contribution in [-0.4, -0.2) is 25.5 Å². The van der Waals surface area contributed by atoms with E-state index in [1.54, 1.807) is 44.4 Å². The Morgan fingerprint density at radius 1 is 1.07 bits per heavy atom. The average Bonchev–Trinajstić information content (AvgIpc) is 3.04. The van der Waals surface area contributed by atoms with Crippen LogP contribution < -0.4 is 15.8 Å². The van der Waals surface area contributed by atoms with Crippen LogP contribution in [0.25, 0.3) is 0 Å². The van der Waals surface area contributed by atoms with E-state index in [0.717, 1.165) is 11.3 Å². The second-order valence-electron chi connectivity index (χ2n) is 5.79. The number of carbonyl (C=O) groups is 2. The van der Waals surface area contributed by atoms with E-state index in [-0.39, 0.29) is 28.5 Å². The molecule has 28 heavy (non-hydrogen) atoms. The number of carbonyl (C=O) groups excluding carboxylic acids is 2. The molecule has 1 aromatic heterocycles. The third-order valence-corrected chi connectivity index (χ3v) is 5.14. The van der Waals surface area contributed by atoms with Crippen molar-refractivity contribution in [2.24, 2.45) is 0 Å². The van der Waals surface area contributed by atoms with Crippen LogP contribution in [0.15, 0.2) is 54.6 Å². The predicted octanol–water partition coefficient (Wildman–Crippen LogP) is 4.49. The van der Waals surface area contributed by atoms with Gasteiger partial charge in [-0.25, -0.2) is 4.79 Å². The minimum absolute atomic E-state index is 0.106. The van der Waals surface area contributed by atoms with E-state index >= 15 is 0 Å². The third kappa shape index (κ3) is 3.84. The van der Waals surface area contributed by atoms with Crippen molar-refractivity contribution in [3.63, 3.8) is 0 Å². The first-order valence-electron chi connectivity index (χ1n) is 8.66. The summed E-state index contributed by atoms with van der Waals surface area (Å²) >= 11 is 1.12. The normalized spacial score (nSPS) is 10.4. The lowest BCUT2D eigenvalue weighted by molar-refractivity contribution is 0.0529. The zero-order chi connectivity index (χ0) is 20.1. The first-order chi connectivity index (χ1) is 13.6. The molecule has 0 bridgehead atoms. The first-order valence-corrected chi connectivity index (χ1v) is 9.47. The molecule has 7 heteroatoms. The highest BCUT2D eigenvalue weighted by Gasteiger charge is 2.27. The summed E-state index contributed by atoms with van der Waals surface area (Å²) in [6.45, 7) is 1.91. The highest BCUT2D eigenvalue weighted by molar-refractivity contribution is 7.19. The van der Waals surface area contributed by atoms with Gasteiger partial charge in [-0.2, -0.15) is 0 Å². The fourth-order valence-corrected chi connectivity index (χ4v) is 3.78. The number of rotatable bonds is 7. The topological polar surface area (TPSA) is 90.6 Å². The van der Waals surface area contributed by atoms with Crippen LogP contribution in [0.1, 0.15) is 32.5 Å². The standard InChI is InChI=1S/C21H20N2O4S/c1-3-27-21(25)16-17(22)19(18(24)13-9-5-4-6-10-13)28-20(16)23-14-11-7-8-12-15(14)26-2/h4-12,23H,3,22H2,1-2H3. The molecule has 0 unspecified atom stereocenters. The maximum Gasteiger partial charge on any atom is 0.343 e. The Morgan fingerprint density at radius 3 is 2.43 bits per heavy atom. The van der Waals surface area contributed by atoms with Crippen molar-refractivity contribution >= 4 is 39.5 Å². The molecule has 0 saturated heterocycles. The van der Waals surface area contributed by atoms with E-state index < -0.39 is 5.97 Å². The van der Waals surface area contributed by atoms with Crippen LogP contribution in [0.5, 0.6) is 5.75 Å². The molecule has 0 aliphatic heterocycles. The highest BCUT2D eigenvalue weighted by atomic mass is 32.1. The number of hydrogen-bond acceptors (Lipinski definition) is 7. The number of thiophene rings is 1. The maximum absolute atomic E-state index is 12.9. The Kier molecular flexibility index (Phi) is 5.96. The molecule has 0 amide bonds. The number of esters is 1. The van der Waals surface area contributed by atoms with Crippen molar-refractivity contribution in [3.05, 3.63) is 70.6 Å². The number of nitrogens with two attached hydrogens (primary N) is 1. The van der Waals surface area contributed by atoms with Gasteiger partial charge < -0.3 is 20.5 Å². The first kappa shape index (κ1) is 19.4. The van der Waals surface area contributed by atoms with E-state index in [4.69, 9.17) is 15.2 Å². The minimum atomic E-state index is -0.583. The summed E-state index contributed by atoms with van der Waals surface area (Å²) < 4.78 is 10.5. The van der Waals surface area contributed by atoms with E-state index in [0.29, 0.717) is 22.0 Å². The Morgan fingerprint density at radius 2 is 1.75 bits per heavy atom. The zero-order valence-electron chi connectivity index (χ0n) is 15.5. The molecular weight excluding hydrogens is 376 g/mol. The van der Waals surface area contributed by atoms with Crippen LogP contribution >= 0.6 is 11.3 Å². The van der Waals surface area contributed by atoms with Crippen LogP contribution in [0, 0.1) is 0 Å². The zero-order valence-corrected chi connectivity index (χ0v) is 16.3. The number of hydrogen-bond donors (Lipinski definition) is 2. The molecule has 0 saturated carbocycles.